The first-order valence-corrected chi connectivity index (χ1v) is 5.58. The van der Waals surface area contributed by atoms with Gasteiger partial charge in [-0.15, -0.1) is 0 Å². The highest BCUT2D eigenvalue weighted by Gasteiger charge is 2.25. The third kappa shape index (κ3) is 2.43. The number of aromatic nitrogens is 1. The quantitative estimate of drug-likeness (QED) is 0.529. The van der Waals surface area contributed by atoms with Crippen molar-refractivity contribution in [3.63, 3.8) is 0 Å². The summed E-state index contributed by atoms with van der Waals surface area (Å²) in [6, 6.07) is 1.58. The van der Waals surface area contributed by atoms with Gasteiger partial charge in [0.05, 0.1) is 0 Å². The van der Waals surface area contributed by atoms with Gasteiger partial charge in [-0.05, 0) is 24.1 Å². The van der Waals surface area contributed by atoms with E-state index < -0.39 is 34.8 Å². The van der Waals surface area contributed by atoms with E-state index in [1.807, 2.05) is 0 Å². The molecule has 1 aromatic heterocycles. The number of pyridine rings is 1. The van der Waals surface area contributed by atoms with Gasteiger partial charge in [-0.1, -0.05) is 0 Å². The molecule has 0 amide bonds. The number of hydrogen-bond acceptors (Lipinski definition) is 2. The molecule has 0 aliphatic heterocycles. The predicted octanol–water partition coefficient (Wildman–Crippen LogP) is 3.70. The Balaban J connectivity index is 2.33. The Morgan fingerprint density at radius 1 is 0.950 bits per heavy atom. The van der Waals surface area contributed by atoms with E-state index in [0.717, 1.165) is 5.56 Å². The lowest BCUT2D eigenvalue weighted by atomic mass is 10.1. The predicted molar refractivity (Wildman–Crippen MR) is 62.5 cm³/mol. The maximum Gasteiger partial charge on any atom is 0.200 e. The van der Waals surface area contributed by atoms with Crippen molar-refractivity contribution >= 4 is 5.69 Å². The third-order valence-corrected chi connectivity index (χ3v) is 2.80. The lowest BCUT2D eigenvalue weighted by molar-refractivity contribution is 0.381. The Morgan fingerprint density at radius 2 is 1.50 bits per heavy atom. The molecule has 2 rings (SSSR count). The van der Waals surface area contributed by atoms with Crippen molar-refractivity contribution in [3.05, 3.63) is 58.7 Å². The second-order valence-electron chi connectivity index (χ2n) is 4.10. The molecule has 0 aliphatic carbocycles. The fourth-order valence-electron chi connectivity index (χ4n) is 1.64. The second-order valence-corrected chi connectivity index (χ2v) is 4.10. The van der Waals surface area contributed by atoms with Crippen molar-refractivity contribution in [2.24, 2.45) is 0 Å². The Morgan fingerprint density at radius 3 is 2.05 bits per heavy atom. The maximum absolute atomic E-state index is 13.4. The zero-order chi connectivity index (χ0) is 14.9. The first-order chi connectivity index (χ1) is 9.43. The minimum atomic E-state index is -2.18. The van der Waals surface area contributed by atoms with Crippen LogP contribution in [0.2, 0.25) is 0 Å². The molecule has 106 valence electrons. The van der Waals surface area contributed by atoms with Crippen LogP contribution in [0.5, 0.6) is 0 Å². The van der Waals surface area contributed by atoms with Gasteiger partial charge in [0.2, 0.25) is 5.82 Å². The minimum absolute atomic E-state index is 0.0906. The van der Waals surface area contributed by atoms with Gasteiger partial charge in [0, 0.05) is 18.9 Å². The van der Waals surface area contributed by atoms with Gasteiger partial charge in [0.25, 0.3) is 0 Å². The molecule has 0 bridgehead atoms. The molecule has 0 unspecified atom stereocenters. The first-order valence-electron chi connectivity index (χ1n) is 5.58. The Labute approximate surface area is 111 Å². The lowest BCUT2D eigenvalue weighted by Gasteiger charge is -2.11. The van der Waals surface area contributed by atoms with E-state index in [1.54, 1.807) is 13.0 Å². The molecule has 20 heavy (non-hydrogen) atoms. The number of hydrogen-bond donors (Lipinski definition) is 1. The average molecular weight is 288 g/mol. The van der Waals surface area contributed by atoms with Crippen LogP contribution in [0.3, 0.4) is 0 Å². The minimum Gasteiger partial charge on any atom is -0.376 e. The van der Waals surface area contributed by atoms with Crippen LogP contribution >= 0.6 is 0 Å². The number of benzene rings is 1. The molecule has 0 saturated carbocycles. The summed E-state index contributed by atoms with van der Waals surface area (Å²) in [5, 5.41) is 2.22. The normalized spacial score (nSPS) is 10.7. The molecule has 1 heterocycles. The first kappa shape index (κ1) is 14.2. The fourth-order valence-corrected chi connectivity index (χ4v) is 1.64. The van der Waals surface area contributed by atoms with Crippen molar-refractivity contribution in [3.8, 4) is 0 Å². The largest absolute Gasteiger partial charge is 0.376 e. The van der Waals surface area contributed by atoms with E-state index in [-0.39, 0.29) is 6.54 Å². The summed E-state index contributed by atoms with van der Waals surface area (Å²) in [6.07, 6.45) is 2.98. The summed E-state index contributed by atoms with van der Waals surface area (Å²) in [5.41, 5.74) is 0.311. The summed E-state index contributed by atoms with van der Waals surface area (Å²) < 4.78 is 65.7. The van der Waals surface area contributed by atoms with Gasteiger partial charge in [-0.25, -0.2) is 22.0 Å². The SMILES string of the molecule is Cc1cnccc1CNc1c(F)c(F)c(F)c(F)c1F. The summed E-state index contributed by atoms with van der Waals surface area (Å²) in [7, 11) is 0. The molecule has 7 heteroatoms. The monoisotopic (exact) mass is 288 g/mol. The van der Waals surface area contributed by atoms with Crippen LogP contribution in [-0.2, 0) is 6.54 Å². The number of nitrogens with one attached hydrogen (secondary N) is 1. The van der Waals surface area contributed by atoms with Crippen LogP contribution in [0.1, 0.15) is 11.1 Å². The van der Waals surface area contributed by atoms with E-state index in [4.69, 9.17) is 0 Å². The van der Waals surface area contributed by atoms with E-state index in [2.05, 4.69) is 10.3 Å². The van der Waals surface area contributed by atoms with E-state index >= 15 is 0 Å². The number of nitrogens with zero attached hydrogens (tertiary/aromatic N) is 1. The van der Waals surface area contributed by atoms with Crippen molar-refractivity contribution in [1.82, 2.24) is 4.98 Å². The molecular formula is C13H9F5N2. The molecule has 0 fully saturated rings. The molecule has 0 saturated heterocycles. The highest BCUT2D eigenvalue weighted by molar-refractivity contribution is 5.48. The molecule has 2 aromatic rings. The Kier molecular flexibility index (Phi) is 3.87. The maximum atomic E-state index is 13.4. The molecule has 1 aromatic carbocycles. The molecular weight excluding hydrogens is 279 g/mol. The van der Waals surface area contributed by atoms with Crippen LogP contribution in [0, 0.1) is 36.0 Å². The summed E-state index contributed by atoms with van der Waals surface area (Å²) in [4.78, 5) is 3.83. The van der Waals surface area contributed by atoms with Gasteiger partial charge in [0.15, 0.2) is 23.3 Å². The van der Waals surface area contributed by atoms with Crippen LogP contribution in [-0.4, -0.2) is 4.98 Å². The average Bonchev–Trinajstić information content (AvgIpc) is 2.45. The Hall–Kier alpha value is -2.18. The number of rotatable bonds is 3. The van der Waals surface area contributed by atoms with Crippen molar-refractivity contribution in [2.75, 3.05) is 5.32 Å². The third-order valence-electron chi connectivity index (χ3n) is 2.80. The van der Waals surface area contributed by atoms with E-state index in [9.17, 15) is 22.0 Å². The van der Waals surface area contributed by atoms with Gasteiger partial charge in [-0.3, -0.25) is 4.98 Å². The van der Waals surface area contributed by atoms with Crippen molar-refractivity contribution in [2.45, 2.75) is 13.5 Å². The van der Waals surface area contributed by atoms with E-state index in [0.29, 0.717) is 5.56 Å². The van der Waals surface area contributed by atoms with E-state index in [1.165, 1.54) is 12.4 Å². The lowest BCUT2D eigenvalue weighted by Crippen LogP contribution is -2.10. The highest BCUT2D eigenvalue weighted by atomic mass is 19.2. The van der Waals surface area contributed by atoms with Crippen molar-refractivity contribution in [1.29, 1.82) is 0 Å². The summed E-state index contributed by atoms with van der Waals surface area (Å²) in [5.74, 6) is -9.89. The summed E-state index contributed by atoms with van der Waals surface area (Å²) in [6.45, 7) is 1.62. The van der Waals surface area contributed by atoms with Crippen LogP contribution < -0.4 is 5.32 Å². The van der Waals surface area contributed by atoms with Gasteiger partial charge >= 0.3 is 0 Å². The van der Waals surface area contributed by atoms with Crippen molar-refractivity contribution < 1.29 is 22.0 Å². The van der Waals surface area contributed by atoms with Crippen LogP contribution in [0.15, 0.2) is 18.5 Å². The molecule has 2 nitrogen and oxygen atoms in total. The molecule has 0 atom stereocenters. The van der Waals surface area contributed by atoms with Crippen LogP contribution in [0.25, 0.3) is 0 Å². The molecule has 0 aliphatic rings. The number of aryl methyl sites for hydroxylation is 1. The van der Waals surface area contributed by atoms with Gasteiger partial charge in [-0.2, -0.15) is 0 Å². The standard InChI is InChI=1S/C13H9F5N2/c1-6-4-19-3-2-7(6)5-20-13-11(17)9(15)8(14)10(16)12(13)18/h2-4,20H,5H2,1H3. The van der Waals surface area contributed by atoms with Gasteiger partial charge < -0.3 is 5.32 Å². The van der Waals surface area contributed by atoms with Crippen LogP contribution in [0.4, 0.5) is 27.6 Å². The Bertz CT molecular complexity index is 628. The molecule has 0 radical (unpaired) electrons. The summed E-state index contributed by atoms with van der Waals surface area (Å²) >= 11 is 0. The topological polar surface area (TPSA) is 24.9 Å². The number of anilines is 1. The molecule has 0 spiro atoms. The zero-order valence-corrected chi connectivity index (χ0v) is 10.3. The fraction of sp³-hybridized carbons (Fsp3) is 0.154. The second kappa shape index (κ2) is 5.44. The van der Waals surface area contributed by atoms with Gasteiger partial charge in [0.1, 0.15) is 5.69 Å². The molecule has 1 N–H and O–H groups in total. The smallest absolute Gasteiger partial charge is 0.200 e. The number of halogens is 5. The zero-order valence-electron chi connectivity index (χ0n) is 10.3. The highest BCUT2D eigenvalue weighted by Crippen LogP contribution is 2.27.